The molecule has 0 amide bonds. The Morgan fingerprint density at radius 2 is 1.79 bits per heavy atom. The van der Waals surface area contributed by atoms with Gasteiger partial charge in [0.2, 0.25) is 6.33 Å². The third-order valence-electron chi connectivity index (χ3n) is 1.19. The molecule has 0 aromatic carbocycles. The van der Waals surface area contributed by atoms with Gasteiger partial charge in [-0.05, 0) is 6.92 Å². The van der Waals surface area contributed by atoms with Crippen LogP contribution in [-0.4, -0.2) is 4.57 Å². The topological polar surface area (TPSA) is 108 Å². The molecule has 0 saturated heterocycles. The summed E-state index contributed by atoms with van der Waals surface area (Å²) in [5.74, 6) is 0. The van der Waals surface area contributed by atoms with Gasteiger partial charge in [-0.25, -0.2) is 9.13 Å². The van der Waals surface area contributed by atoms with Crippen LogP contribution >= 0.6 is 0 Å². The first-order valence-electron chi connectivity index (χ1n) is 3.86. The fourth-order valence-electron chi connectivity index (χ4n) is 0.689. The van der Waals surface area contributed by atoms with Crippen molar-refractivity contribution in [3.05, 3.63) is 18.7 Å². The largest absolute Gasteiger partial charge is 0.337 e. The summed E-state index contributed by atoms with van der Waals surface area (Å²) >= 11 is 0. The normalized spacial score (nSPS) is 6.57. The molecule has 0 spiro atoms. The van der Waals surface area contributed by atoms with Gasteiger partial charge in [0.15, 0.2) is 12.4 Å². The second-order valence-electron chi connectivity index (χ2n) is 2.17. The SMILES string of the molecule is CC[n+]1ccn(C)c1.N#CN.N#CN. The summed E-state index contributed by atoms with van der Waals surface area (Å²) < 4.78 is 4.16. The second-order valence-corrected chi connectivity index (χ2v) is 2.17. The third kappa shape index (κ3) is 9.79. The van der Waals surface area contributed by atoms with Crippen molar-refractivity contribution < 1.29 is 4.57 Å². The van der Waals surface area contributed by atoms with Crippen molar-refractivity contribution >= 4 is 0 Å². The van der Waals surface area contributed by atoms with E-state index in [1.165, 1.54) is 12.4 Å². The lowest BCUT2D eigenvalue weighted by Crippen LogP contribution is -2.28. The highest BCUT2D eigenvalue weighted by atomic mass is 15.1. The molecule has 1 aromatic rings. The zero-order chi connectivity index (χ0) is 11.4. The number of aryl methyl sites for hydroxylation is 2. The van der Waals surface area contributed by atoms with Gasteiger partial charge >= 0.3 is 0 Å². The van der Waals surface area contributed by atoms with E-state index in [9.17, 15) is 0 Å². The Hall–Kier alpha value is -2.21. The zero-order valence-electron chi connectivity index (χ0n) is 8.38. The fourth-order valence-corrected chi connectivity index (χ4v) is 0.689. The number of nitrogens with two attached hydrogens (primary N) is 2. The number of nitriles is 2. The molecule has 1 heterocycles. The maximum atomic E-state index is 7.10. The van der Waals surface area contributed by atoms with Crippen molar-refractivity contribution in [1.29, 1.82) is 10.5 Å². The van der Waals surface area contributed by atoms with E-state index >= 15 is 0 Å². The molecule has 0 saturated carbocycles. The third-order valence-corrected chi connectivity index (χ3v) is 1.19. The Balaban J connectivity index is 0. The zero-order valence-corrected chi connectivity index (χ0v) is 8.38. The van der Waals surface area contributed by atoms with Crippen LogP contribution in [0.5, 0.6) is 0 Å². The van der Waals surface area contributed by atoms with Crippen LogP contribution in [0.4, 0.5) is 0 Å². The summed E-state index contributed by atoms with van der Waals surface area (Å²) in [7, 11) is 2.02. The summed E-state index contributed by atoms with van der Waals surface area (Å²) in [6, 6.07) is 0. The van der Waals surface area contributed by atoms with Crippen LogP contribution in [0.2, 0.25) is 0 Å². The molecule has 0 aliphatic rings. The van der Waals surface area contributed by atoms with E-state index in [4.69, 9.17) is 10.5 Å². The summed E-state index contributed by atoms with van der Waals surface area (Å²) in [6.45, 7) is 3.18. The van der Waals surface area contributed by atoms with Crippen LogP contribution in [0.3, 0.4) is 0 Å². The highest BCUT2D eigenvalue weighted by Gasteiger charge is 1.92. The molecule has 0 bridgehead atoms. The maximum Gasteiger partial charge on any atom is 0.243 e. The standard InChI is InChI=1S/C6H11N2.2CH2N2/c1-3-8-5-4-7(2)6-8;2*2-1-3/h4-6H,3H2,1-2H3;2*2H2/q+1;;. The average Bonchev–Trinajstić information content (AvgIpc) is 2.54. The van der Waals surface area contributed by atoms with Gasteiger partial charge in [-0.3, -0.25) is 0 Å². The minimum atomic E-state index is 1.06. The predicted molar refractivity (Wildman–Crippen MR) is 50.9 cm³/mol. The van der Waals surface area contributed by atoms with E-state index in [0.29, 0.717) is 0 Å². The summed E-state index contributed by atoms with van der Waals surface area (Å²) in [6.07, 6.45) is 8.64. The van der Waals surface area contributed by atoms with Crippen LogP contribution in [0.25, 0.3) is 0 Å². The average molecular weight is 195 g/mol. The molecule has 0 unspecified atom stereocenters. The van der Waals surface area contributed by atoms with E-state index in [0.717, 1.165) is 6.54 Å². The first-order chi connectivity index (χ1) is 6.65. The highest BCUT2D eigenvalue weighted by molar-refractivity contribution is 4.61. The van der Waals surface area contributed by atoms with Gasteiger partial charge in [0, 0.05) is 0 Å². The van der Waals surface area contributed by atoms with Crippen molar-refractivity contribution in [3.63, 3.8) is 0 Å². The van der Waals surface area contributed by atoms with Gasteiger partial charge in [0.05, 0.1) is 13.6 Å². The molecule has 14 heavy (non-hydrogen) atoms. The van der Waals surface area contributed by atoms with Crippen molar-refractivity contribution in [2.45, 2.75) is 13.5 Å². The van der Waals surface area contributed by atoms with Gasteiger partial charge in [-0.1, -0.05) is 0 Å². The van der Waals surface area contributed by atoms with E-state index in [2.05, 4.69) is 35.5 Å². The van der Waals surface area contributed by atoms with Crippen molar-refractivity contribution in [2.75, 3.05) is 0 Å². The van der Waals surface area contributed by atoms with Crippen LogP contribution in [0.1, 0.15) is 6.92 Å². The van der Waals surface area contributed by atoms with Crippen LogP contribution in [-0.2, 0) is 13.6 Å². The molecule has 1 rings (SSSR count). The molecule has 0 fully saturated rings. The van der Waals surface area contributed by atoms with Gasteiger partial charge in [0.25, 0.3) is 0 Å². The Morgan fingerprint density at radius 3 is 1.93 bits per heavy atom. The van der Waals surface area contributed by atoms with Crippen molar-refractivity contribution in [3.8, 4) is 12.4 Å². The van der Waals surface area contributed by atoms with Crippen LogP contribution in [0.15, 0.2) is 18.7 Å². The molecular weight excluding hydrogens is 180 g/mol. The van der Waals surface area contributed by atoms with E-state index in [-0.39, 0.29) is 0 Å². The molecule has 6 nitrogen and oxygen atoms in total. The highest BCUT2D eigenvalue weighted by Crippen LogP contribution is 1.74. The second kappa shape index (κ2) is 10.8. The van der Waals surface area contributed by atoms with Crippen molar-refractivity contribution in [1.82, 2.24) is 4.57 Å². The van der Waals surface area contributed by atoms with E-state index in [1.54, 1.807) is 0 Å². The molecule has 6 heteroatoms. The van der Waals surface area contributed by atoms with Crippen molar-refractivity contribution in [2.24, 2.45) is 18.5 Å². The maximum absolute atomic E-state index is 7.10. The monoisotopic (exact) mass is 195 g/mol. The number of nitrogens with zero attached hydrogens (tertiary/aromatic N) is 4. The lowest BCUT2D eigenvalue weighted by molar-refractivity contribution is -0.693. The molecule has 4 N–H and O–H groups in total. The molecular formula is C8H15N6+. The number of hydrogen-bond acceptors (Lipinski definition) is 4. The van der Waals surface area contributed by atoms with E-state index < -0.39 is 0 Å². The first-order valence-corrected chi connectivity index (χ1v) is 3.86. The number of rotatable bonds is 1. The Kier molecular flexibility index (Phi) is 11.0. The van der Waals surface area contributed by atoms with E-state index in [1.807, 2.05) is 17.8 Å². The molecule has 0 aliphatic carbocycles. The van der Waals surface area contributed by atoms with Gasteiger partial charge in [-0.15, -0.1) is 0 Å². The minimum Gasteiger partial charge on any atom is -0.337 e. The number of imidazole rings is 1. The lowest BCUT2D eigenvalue weighted by atomic mass is 10.7. The van der Waals surface area contributed by atoms with Gasteiger partial charge in [0.1, 0.15) is 12.4 Å². The Labute approximate surface area is 83.6 Å². The number of hydrogen-bond donors (Lipinski definition) is 2. The molecule has 0 aliphatic heterocycles. The Morgan fingerprint density at radius 1 is 1.36 bits per heavy atom. The lowest BCUT2D eigenvalue weighted by Gasteiger charge is -1.81. The summed E-state index contributed by atoms with van der Waals surface area (Å²) in [5.41, 5.74) is 8.31. The predicted octanol–water partition coefficient (Wildman–Crippen LogP) is -0.815. The molecule has 76 valence electrons. The molecule has 0 radical (unpaired) electrons. The summed E-state index contributed by atoms with van der Waals surface area (Å²) in [5, 5.41) is 14.2. The minimum absolute atomic E-state index is 1.06. The van der Waals surface area contributed by atoms with Gasteiger partial charge in [-0.2, -0.15) is 10.5 Å². The summed E-state index contributed by atoms with van der Waals surface area (Å²) in [4.78, 5) is 0. The Bertz CT molecular complexity index is 290. The number of aromatic nitrogens is 2. The van der Waals surface area contributed by atoms with Crippen LogP contribution < -0.4 is 16.0 Å². The smallest absolute Gasteiger partial charge is 0.243 e. The van der Waals surface area contributed by atoms with Crippen LogP contribution in [0, 0.1) is 22.9 Å². The fraction of sp³-hybridized carbons (Fsp3) is 0.375. The molecule has 0 atom stereocenters. The van der Waals surface area contributed by atoms with Gasteiger partial charge < -0.3 is 11.5 Å². The quantitative estimate of drug-likeness (QED) is 0.347. The molecule has 1 aromatic heterocycles. The first kappa shape index (κ1) is 14.3.